The summed E-state index contributed by atoms with van der Waals surface area (Å²) in [7, 11) is 0. The number of likely N-dealkylation sites (tertiary alicyclic amines) is 1. The minimum atomic E-state index is -0.252. The molecular weight excluding hydrogens is 264 g/mol. The van der Waals surface area contributed by atoms with Gasteiger partial charge in [-0.15, -0.1) is 0 Å². The third-order valence-electron chi connectivity index (χ3n) is 4.35. The van der Waals surface area contributed by atoms with Crippen molar-refractivity contribution in [1.82, 2.24) is 4.90 Å². The molecule has 3 N–H and O–H groups in total. The summed E-state index contributed by atoms with van der Waals surface area (Å²) in [5.74, 6) is 0.669. The SMILES string of the molecule is Nc1cc(C(=O)N2CC3CCC(O)C3C2)ccc1Cl. The first-order chi connectivity index (χ1) is 9.06. The van der Waals surface area contributed by atoms with Crippen LogP contribution in [0.4, 0.5) is 5.69 Å². The first kappa shape index (κ1) is 12.8. The topological polar surface area (TPSA) is 66.6 Å². The van der Waals surface area contributed by atoms with Gasteiger partial charge in [-0.3, -0.25) is 4.79 Å². The average Bonchev–Trinajstić information content (AvgIpc) is 2.95. The van der Waals surface area contributed by atoms with Crippen LogP contribution in [-0.2, 0) is 0 Å². The molecular formula is C14H17ClN2O2. The number of benzene rings is 1. The van der Waals surface area contributed by atoms with Crippen LogP contribution in [0.15, 0.2) is 18.2 Å². The highest BCUT2D eigenvalue weighted by molar-refractivity contribution is 6.33. The van der Waals surface area contributed by atoms with E-state index in [-0.39, 0.29) is 17.9 Å². The number of aliphatic hydroxyl groups excluding tert-OH is 1. The van der Waals surface area contributed by atoms with Crippen molar-refractivity contribution < 1.29 is 9.90 Å². The Morgan fingerprint density at radius 2 is 2.16 bits per heavy atom. The molecule has 0 aromatic heterocycles. The second kappa shape index (κ2) is 4.69. The van der Waals surface area contributed by atoms with E-state index in [4.69, 9.17) is 17.3 Å². The fourth-order valence-corrected chi connectivity index (χ4v) is 3.38. The molecule has 1 heterocycles. The number of aliphatic hydroxyl groups is 1. The normalized spacial score (nSPS) is 29.6. The van der Waals surface area contributed by atoms with E-state index in [1.807, 2.05) is 4.90 Å². The zero-order valence-corrected chi connectivity index (χ0v) is 11.3. The van der Waals surface area contributed by atoms with Gasteiger partial charge in [0.1, 0.15) is 0 Å². The molecule has 1 saturated heterocycles. The number of rotatable bonds is 1. The second-order valence-electron chi connectivity index (χ2n) is 5.52. The summed E-state index contributed by atoms with van der Waals surface area (Å²) < 4.78 is 0. The molecule has 4 nitrogen and oxygen atoms in total. The number of hydrogen-bond donors (Lipinski definition) is 2. The van der Waals surface area contributed by atoms with Gasteiger partial charge in [0.15, 0.2) is 0 Å². The molecule has 19 heavy (non-hydrogen) atoms. The zero-order chi connectivity index (χ0) is 13.6. The number of nitrogen functional groups attached to an aromatic ring is 1. The van der Waals surface area contributed by atoms with E-state index in [1.54, 1.807) is 18.2 Å². The van der Waals surface area contributed by atoms with Crippen LogP contribution in [-0.4, -0.2) is 35.1 Å². The second-order valence-corrected chi connectivity index (χ2v) is 5.92. The first-order valence-electron chi connectivity index (χ1n) is 6.58. The molecule has 0 bridgehead atoms. The Morgan fingerprint density at radius 3 is 2.84 bits per heavy atom. The van der Waals surface area contributed by atoms with Crippen molar-refractivity contribution in [1.29, 1.82) is 0 Å². The van der Waals surface area contributed by atoms with Gasteiger partial charge in [0.25, 0.3) is 5.91 Å². The average molecular weight is 281 g/mol. The molecule has 3 atom stereocenters. The van der Waals surface area contributed by atoms with Gasteiger partial charge in [0, 0.05) is 24.6 Å². The number of carbonyl (C=O) groups is 1. The molecule has 1 aromatic rings. The molecule has 1 aliphatic carbocycles. The van der Waals surface area contributed by atoms with Crippen molar-refractivity contribution >= 4 is 23.2 Å². The van der Waals surface area contributed by atoms with Crippen LogP contribution in [0.1, 0.15) is 23.2 Å². The van der Waals surface area contributed by atoms with E-state index < -0.39 is 0 Å². The Labute approximate surface area is 117 Å². The Morgan fingerprint density at radius 1 is 1.37 bits per heavy atom. The van der Waals surface area contributed by atoms with E-state index in [0.717, 1.165) is 19.4 Å². The zero-order valence-electron chi connectivity index (χ0n) is 10.6. The van der Waals surface area contributed by atoms with Gasteiger partial charge in [-0.1, -0.05) is 11.6 Å². The lowest BCUT2D eigenvalue weighted by molar-refractivity contribution is 0.0752. The molecule has 2 fully saturated rings. The van der Waals surface area contributed by atoms with Crippen LogP contribution >= 0.6 is 11.6 Å². The van der Waals surface area contributed by atoms with Crippen molar-refractivity contribution in [3.05, 3.63) is 28.8 Å². The predicted octanol–water partition coefficient (Wildman–Crippen LogP) is 1.77. The molecule has 1 amide bonds. The van der Waals surface area contributed by atoms with E-state index in [2.05, 4.69) is 0 Å². The molecule has 3 rings (SSSR count). The summed E-state index contributed by atoms with van der Waals surface area (Å²) in [5, 5.41) is 10.3. The maximum Gasteiger partial charge on any atom is 0.253 e. The highest BCUT2D eigenvalue weighted by atomic mass is 35.5. The summed E-state index contributed by atoms with van der Waals surface area (Å²) >= 11 is 5.86. The molecule has 5 heteroatoms. The molecule has 1 aromatic carbocycles. The smallest absolute Gasteiger partial charge is 0.253 e. The van der Waals surface area contributed by atoms with Gasteiger partial charge in [0.05, 0.1) is 16.8 Å². The highest BCUT2D eigenvalue weighted by Gasteiger charge is 2.43. The Hall–Kier alpha value is -1.26. The van der Waals surface area contributed by atoms with Crippen LogP contribution in [0, 0.1) is 11.8 Å². The molecule has 3 unspecified atom stereocenters. The van der Waals surface area contributed by atoms with Crippen molar-refractivity contribution in [3.8, 4) is 0 Å². The van der Waals surface area contributed by atoms with Crippen molar-refractivity contribution in [2.45, 2.75) is 18.9 Å². The molecule has 1 aliphatic heterocycles. The number of nitrogens with zero attached hydrogens (tertiary/aromatic N) is 1. The highest BCUT2D eigenvalue weighted by Crippen LogP contribution is 2.38. The third kappa shape index (κ3) is 2.19. The number of hydrogen-bond acceptors (Lipinski definition) is 3. The number of carbonyl (C=O) groups excluding carboxylic acids is 1. The maximum absolute atomic E-state index is 12.4. The van der Waals surface area contributed by atoms with Gasteiger partial charge in [-0.2, -0.15) is 0 Å². The van der Waals surface area contributed by atoms with Crippen LogP contribution in [0.25, 0.3) is 0 Å². The number of anilines is 1. The number of fused-ring (bicyclic) bond motifs is 1. The minimum absolute atomic E-state index is 0.0232. The van der Waals surface area contributed by atoms with E-state index in [1.165, 1.54) is 0 Å². The molecule has 2 aliphatic rings. The van der Waals surface area contributed by atoms with E-state index >= 15 is 0 Å². The standard InChI is InChI=1S/C14H17ClN2O2/c15-11-3-1-8(5-12(11)16)14(19)17-6-9-2-4-13(18)10(9)7-17/h1,3,5,9-10,13,18H,2,4,6-7,16H2. The minimum Gasteiger partial charge on any atom is -0.398 e. The van der Waals surface area contributed by atoms with E-state index in [0.29, 0.717) is 28.7 Å². The maximum atomic E-state index is 12.4. The number of halogens is 1. The third-order valence-corrected chi connectivity index (χ3v) is 4.69. The lowest BCUT2D eigenvalue weighted by atomic mass is 10.00. The molecule has 102 valence electrons. The fraction of sp³-hybridized carbons (Fsp3) is 0.500. The summed E-state index contributed by atoms with van der Waals surface area (Å²) in [6.07, 6.45) is 1.63. The summed E-state index contributed by atoms with van der Waals surface area (Å²) in [5.41, 5.74) is 6.72. The van der Waals surface area contributed by atoms with Gasteiger partial charge >= 0.3 is 0 Å². The van der Waals surface area contributed by atoms with Crippen molar-refractivity contribution in [2.75, 3.05) is 18.8 Å². The summed E-state index contributed by atoms with van der Waals surface area (Å²) in [4.78, 5) is 14.2. The number of nitrogens with two attached hydrogens (primary N) is 1. The predicted molar refractivity (Wildman–Crippen MR) is 74.0 cm³/mol. The molecule has 0 spiro atoms. The quantitative estimate of drug-likeness (QED) is 0.771. The Balaban J connectivity index is 1.76. The largest absolute Gasteiger partial charge is 0.398 e. The lowest BCUT2D eigenvalue weighted by Crippen LogP contribution is -2.31. The van der Waals surface area contributed by atoms with Crippen molar-refractivity contribution in [2.24, 2.45) is 11.8 Å². The Bertz CT molecular complexity index is 520. The monoisotopic (exact) mass is 280 g/mol. The van der Waals surface area contributed by atoms with Gasteiger partial charge in [0.2, 0.25) is 0 Å². The van der Waals surface area contributed by atoms with Crippen LogP contribution in [0.3, 0.4) is 0 Å². The van der Waals surface area contributed by atoms with Crippen molar-refractivity contribution in [3.63, 3.8) is 0 Å². The Kier molecular flexibility index (Phi) is 3.15. The van der Waals surface area contributed by atoms with Crippen LogP contribution in [0.5, 0.6) is 0 Å². The van der Waals surface area contributed by atoms with Gasteiger partial charge in [-0.05, 0) is 37.0 Å². The molecule has 1 saturated carbocycles. The van der Waals surface area contributed by atoms with Crippen LogP contribution < -0.4 is 5.73 Å². The summed E-state index contributed by atoms with van der Waals surface area (Å²) in [6.45, 7) is 1.39. The summed E-state index contributed by atoms with van der Waals surface area (Å²) in [6, 6.07) is 4.97. The van der Waals surface area contributed by atoms with Crippen LogP contribution in [0.2, 0.25) is 5.02 Å². The first-order valence-corrected chi connectivity index (χ1v) is 6.96. The molecule has 0 radical (unpaired) electrons. The van der Waals surface area contributed by atoms with E-state index in [9.17, 15) is 9.90 Å². The lowest BCUT2D eigenvalue weighted by Gasteiger charge is -2.18. The number of amides is 1. The van der Waals surface area contributed by atoms with Gasteiger partial charge in [-0.25, -0.2) is 0 Å². The fourth-order valence-electron chi connectivity index (χ4n) is 3.26. The van der Waals surface area contributed by atoms with Gasteiger partial charge < -0.3 is 15.7 Å².